The normalized spacial score (nSPS) is 29.4. The first-order valence-electron chi connectivity index (χ1n) is 7.43. The van der Waals surface area contributed by atoms with Crippen molar-refractivity contribution in [3.05, 3.63) is 15.6 Å². The van der Waals surface area contributed by atoms with E-state index in [1.807, 2.05) is 11.3 Å². The Balaban J connectivity index is 1.94. The molecule has 0 amide bonds. The molecule has 1 aliphatic carbocycles. The minimum atomic E-state index is -0.0590. The topological polar surface area (TPSA) is 34.2 Å². The Morgan fingerprint density at radius 2 is 2.21 bits per heavy atom. The van der Waals surface area contributed by atoms with Gasteiger partial charge in [0, 0.05) is 17.9 Å². The van der Waals surface area contributed by atoms with Crippen molar-refractivity contribution < 1.29 is 4.74 Å². The maximum absolute atomic E-state index is 5.90. The molecular formula is C15H24N2OS. The quantitative estimate of drug-likeness (QED) is 0.924. The fourth-order valence-electron chi connectivity index (χ4n) is 3.51. The lowest BCUT2D eigenvalue weighted by molar-refractivity contribution is -0.0895. The van der Waals surface area contributed by atoms with Gasteiger partial charge >= 0.3 is 0 Å². The monoisotopic (exact) mass is 280 g/mol. The molecule has 106 valence electrons. The first-order valence-corrected chi connectivity index (χ1v) is 8.24. The highest BCUT2D eigenvalue weighted by atomic mass is 32.1. The zero-order valence-corrected chi connectivity index (χ0v) is 13.0. The van der Waals surface area contributed by atoms with Crippen molar-refractivity contribution in [2.75, 3.05) is 13.2 Å². The smallest absolute Gasteiger partial charge is 0.113 e. The number of hydrogen-bond acceptors (Lipinski definition) is 4. The van der Waals surface area contributed by atoms with Crippen LogP contribution in [0, 0.1) is 0 Å². The van der Waals surface area contributed by atoms with E-state index in [1.165, 1.54) is 34.8 Å². The second kappa shape index (κ2) is 4.83. The van der Waals surface area contributed by atoms with Crippen molar-refractivity contribution in [1.29, 1.82) is 0 Å². The molecule has 0 aromatic carbocycles. The molecule has 1 atom stereocenters. The van der Waals surface area contributed by atoms with E-state index in [9.17, 15) is 0 Å². The highest BCUT2D eigenvalue weighted by molar-refractivity contribution is 7.12. The Hall–Kier alpha value is -0.450. The summed E-state index contributed by atoms with van der Waals surface area (Å²) in [6.07, 6.45) is 5.75. The summed E-state index contributed by atoms with van der Waals surface area (Å²) in [4.78, 5) is 6.50. The van der Waals surface area contributed by atoms with Gasteiger partial charge in [0.25, 0.3) is 0 Å². The summed E-state index contributed by atoms with van der Waals surface area (Å²) in [5.74, 6) is 0. The fourth-order valence-corrected chi connectivity index (χ4v) is 4.85. The number of hydrogen-bond donors (Lipinski definition) is 1. The van der Waals surface area contributed by atoms with E-state index in [1.54, 1.807) is 0 Å². The SMILES string of the molecule is CCNC1(c2nc3c(s2)CCC3)CCOC(C)(C)C1. The van der Waals surface area contributed by atoms with E-state index < -0.39 is 0 Å². The Morgan fingerprint density at radius 3 is 2.89 bits per heavy atom. The second-order valence-electron chi connectivity index (χ2n) is 6.39. The Morgan fingerprint density at radius 1 is 1.37 bits per heavy atom. The van der Waals surface area contributed by atoms with Crippen LogP contribution in [0.5, 0.6) is 0 Å². The molecule has 1 aliphatic heterocycles. The average molecular weight is 280 g/mol. The van der Waals surface area contributed by atoms with Crippen LogP contribution in [-0.2, 0) is 23.1 Å². The van der Waals surface area contributed by atoms with Crippen LogP contribution in [-0.4, -0.2) is 23.7 Å². The Labute approximate surface area is 119 Å². The highest BCUT2D eigenvalue weighted by Gasteiger charge is 2.44. The van der Waals surface area contributed by atoms with E-state index in [4.69, 9.17) is 9.72 Å². The van der Waals surface area contributed by atoms with Crippen molar-refractivity contribution in [1.82, 2.24) is 10.3 Å². The molecule has 3 nitrogen and oxygen atoms in total. The van der Waals surface area contributed by atoms with Gasteiger partial charge < -0.3 is 10.1 Å². The molecule has 0 spiro atoms. The molecule has 0 radical (unpaired) electrons. The van der Waals surface area contributed by atoms with Crippen LogP contribution in [0.1, 0.15) is 55.6 Å². The molecule has 0 bridgehead atoms. The summed E-state index contributed by atoms with van der Waals surface area (Å²) >= 11 is 1.94. The third kappa shape index (κ3) is 2.46. The average Bonchev–Trinajstić information content (AvgIpc) is 2.87. The van der Waals surface area contributed by atoms with Gasteiger partial charge in [0.2, 0.25) is 0 Å². The van der Waals surface area contributed by atoms with E-state index >= 15 is 0 Å². The minimum absolute atomic E-state index is 0.0332. The molecule has 3 rings (SSSR count). The fraction of sp³-hybridized carbons (Fsp3) is 0.800. The van der Waals surface area contributed by atoms with Crippen molar-refractivity contribution >= 4 is 11.3 Å². The maximum Gasteiger partial charge on any atom is 0.113 e. The number of aromatic nitrogens is 1. The molecule has 19 heavy (non-hydrogen) atoms. The van der Waals surface area contributed by atoms with Crippen LogP contribution in [0.2, 0.25) is 0 Å². The lowest BCUT2D eigenvalue weighted by Gasteiger charge is -2.44. The summed E-state index contributed by atoms with van der Waals surface area (Å²) in [7, 11) is 0. The van der Waals surface area contributed by atoms with E-state index in [-0.39, 0.29) is 11.1 Å². The van der Waals surface area contributed by atoms with Crippen molar-refractivity contribution in [3.63, 3.8) is 0 Å². The standard InChI is InChI=1S/C15H24N2OS/c1-4-16-15(8-9-18-14(2,3)10-15)13-17-11-6-5-7-12(11)19-13/h16H,4-10H2,1-3H3. The number of fused-ring (bicyclic) bond motifs is 1. The number of nitrogens with zero attached hydrogens (tertiary/aromatic N) is 1. The molecular weight excluding hydrogens is 256 g/mol. The molecule has 1 unspecified atom stereocenters. The first kappa shape index (κ1) is 13.5. The third-order valence-electron chi connectivity index (χ3n) is 4.27. The van der Waals surface area contributed by atoms with Gasteiger partial charge in [-0.05, 0) is 46.1 Å². The molecule has 0 saturated carbocycles. The van der Waals surface area contributed by atoms with Crippen LogP contribution < -0.4 is 5.32 Å². The van der Waals surface area contributed by atoms with Crippen molar-refractivity contribution in [2.45, 2.75) is 64.0 Å². The zero-order valence-electron chi connectivity index (χ0n) is 12.2. The van der Waals surface area contributed by atoms with Gasteiger partial charge in [-0.15, -0.1) is 11.3 Å². The largest absolute Gasteiger partial charge is 0.375 e. The number of ether oxygens (including phenoxy) is 1. The van der Waals surface area contributed by atoms with E-state index in [0.29, 0.717) is 0 Å². The maximum atomic E-state index is 5.90. The number of nitrogens with one attached hydrogen (secondary N) is 1. The molecule has 2 aliphatic rings. The summed E-state index contributed by atoms with van der Waals surface area (Å²) in [5.41, 5.74) is 1.34. The summed E-state index contributed by atoms with van der Waals surface area (Å²) in [5, 5.41) is 5.03. The first-order chi connectivity index (χ1) is 9.05. The summed E-state index contributed by atoms with van der Waals surface area (Å²) in [6.45, 7) is 8.38. The molecule has 1 N–H and O–H groups in total. The van der Waals surface area contributed by atoms with E-state index in [0.717, 1.165) is 26.0 Å². The summed E-state index contributed by atoms with van der Waals surface area (Å²) < 4.78 is 5.90. The molecule has 4 heteroatoms. The van der Waals surface area contributed by atoms with E-state index in [2.05, 4.69) is 26.1 Å². The molecule has 1 fully saturated rings. The van der Waals surface area contributed by atoms with Crippen molar-refractivity contribution in [2.24, 2.45) is 0 Å². The van der Waals surface area contributed by atoms with Gasteiger partial charge in [0.15, 0.2) is 0 Å². The molecule has 1 saturated heterocycles. The zero-order chi connectivity index (χ0) is 13.5. The number of aryl methyl sites for hydroxylation is 2. The lowest BCUT2D eigenvalue weighted by Crippen LogP contribution is -2.52. The van der Waals surface area contributed by atoms with Gasteiger partial charge in [0.05, 0.1) is 16.8 Å². The van der Waals surface area contributed by atoms with Gasteiger partial charge in [0.1, 0.15) is 5.01 Å². The van der Waals surface area contributed by atoms with Crippen LogP contribution in [0.4, 0.5) is 0 Å². The Bertz CT molecular complexity index is 443. The van der Waals surface area contributed by atoms with Crippen molar-refractivity contribution in [3.8, 4) is 0 Å². The van der Waals surface area contributed by atoms with Gasteiger partial charge in [-0.25, -0.2) is 4.98 Å². The van der Waals surface area contributed by atoms with Gasteiger partial charge in [-0.3, -0.25) is 0 Å². The highest BCUT2D eigenvalue weighted by Crippen LogP contribution is 2.42. The van der Waals surface area contributed by atoms with Crippen LogP contribution in [0.15, 0.2) is 0 Å². The van der Waals surface area contributed by atoms with Crippen LogP contribution >= 0.6 is 11.3 Å². The van der Waals surface area contributed by atoms with Crippen LogP contribution in [0.25, 0.3) is 0 Å². The number of rotatable bonds is 3. The van der Waals surface area contributed by atoms with Crippen LogP contribution in [0.3, 0.4) is 0 Å². The van der Waals surface area contributed by atoms with Gasteiger partial charge in [-0.1, -0.05) is 6.92 Å². The predicted octanol–water partition coefficient (Wildman–Crippen LogP) is 3.03. The Kier molecular flexibility index (Phi) is 3.44. The molecule has 1 aromatic rings. The lowest BCUT2D eigenvalue weighted by atomic mass is 9.81. The van der Waals surface area contributed by atoms with Gasteiger partial charge in [-0.2, -0.15) is 0 Å². The molecule has 1 aromatic heterocycles. The third-order valence-corrected chi connectivity index (χ3v) is 5.63. The second-order valence-corrected chi connectivity index (χ2v) is 7.47. The minimum Gasteiger partial charge on any atom is -0.375 e. The number of thiazole rings is 1. The summed E-state index contributed by atoms with van der Waals surface area (Å²) in [6, 6.07) is 0. The predicted molar refractivity (Wildman–Crippen MR) is 78.8 cm³/mol. The molecule has 2 heterocycles.